The monoisotopic (exact) mass is 395 g/mol. The molecule has 2 aromatic rings. The number of carbonyl (C=O) groups excluding carboxylic acids is 1. The largest absolute Gasteiger partial charge is 0.492 e. The van der Waals surface area contributed by atoms with Gasteiger partial charge in [-0.15, -0.1) is 0 Å². The van der Waals surface area contributed by atoms with Gasteiger partial charge in [0, 0.05) is 17.5 Å². The van der Waals surface area contributed by atoms with Crippen molar-refractivity contribution in [1.82, 2.24) is 0 Å². The molecule has 0 aliphatic heterocycles. The van der Waals surface area contributed by atoms with E-state index in [4.69, 9.17) is 16.3 Å². The van der Waals surface area contributed by atoms with E-state index < -0.39 is 9.84 Å². The fourth-order valence-corrected chi connectivity index (χ4v) is 3.28. The van der Waals surface area contributed by atoms with Crippen LogP contribution < -0.4 is 10.1 Å². The lowest BCUT2D eigenvalue weighted by Gasteiger charge is -2.12. The van der Waals surface area contributed by atoms with Gasteiger partial charge >= 0.3 is 0 Å². The Kier molecular flexibility index (Phi) is 6.67. The van der Waals surface area contributed by atoms with Gasteiger partial charge in [-0.3, -0.25) is 4.79 Å². The van der Waals surface area contributed by atoms with E-state index in [0.29, 0.717) is 40.1 Å². The molecule has 5 nitrogen and oxygen atoms in total. The molecule has 0 bridgehead atoms. The van der Waals surface area contributed by atoms with E-state index >= 15 is 0 Å². The molecule has 140 valence electrons. The minimum Gasteiger partial charge on any atom is -0.492 e. The van der Waals surface area contributed by atoms with E-state index in [1.165, 1.54) is 0 Å². The number of hydrogen-bond donors (Lipinski definition) is 1. The molecule has 0 atom stereocenters. The maximum atomic E-state index is 12.4. The fourth-order valence-electron chi connectivity index (χ4n) is 2.26. The molecule has 2 aromatic carbocycles. The molecule has 0 heterocycles. The second kappa shape index (κ2) is 8.56. The molecule has 0 saturated carbocycles. The fraction of sp³-hybridized carbons (Fsp3) is 0.316. The van der Waals surface area contributed by atoms with Gasteiger partial charge in [-0.25, -0.2) is 8.42 Å². The minimum atomic E-state index is -3.16. The zero-order valence-corrected chi connectivity index (χ0v) is 16.5. The molecular weight excluding hydrogens is 374 g/mol. The van der Waals surface area contributed by atoms with Gasteiger partial charge in [0.05, 0.1) is 17.4 Å². The lowest BCUT2D eigenvalue weighted by atomic mass is 10.1. The molecule has 1 amide bonds. The number of carbonyl (C=O) groups is 1. The lowest BCUT2D eigenvalue weighted by molar-refractivity contribution is 0.102. The Labute approximate surface area is 159 Å². The molecule has 0 spiro atoms. The molecule has 2 rings (SSSR count). The molecule has 0 aliphatic rings. The molecule has 0 radical (unpaired) electrons. The molecule has 0 aliphatic carbocycles. The zero-order valence-electron chi connectivity index (χ0n) is 15.0. The molecule has 0 unspecified atom stereocenters. The number of benzene rings is 2. The van der Waals surface area contributed by atoms with Crippen molar-refractivity contribution >= 4 is 33.0 Å². The third-order valence-electron chi connectivity index (χ3n) is 3.38. The Morgan fingerprint density at radius 2 is 1.92 bits per heavy atom. The number of rotatable bonds is 7. The predicted octanol–water partition coefficient (Wildman–Crippen LogP) is 4.17. The first-order valence-corrected chi connectivity index (χ1v) is 10.6. The van der Waals surface area contributed by atoms with Crippen LogP contribution in [0.4, 0.5) is 5.69 Å². The number of nitrogens with one attached hydrogen (secondary N) is 1. The van der Waals surface area contributed by atoms with Crippen LogP contribution in [0.15, 0.2) is 42.5 Å². The van der Waals surface area contributed by atoms with E-state index in [-0.39, 0.29) is 11.7 Å². The Morgan fingerprint density at radius 3 is 2.54 bits per heavy atom. The van der Waals surface area contributed by atoms with Crippen molar-refractivity contribution in [2.45, 2.75) is 19.6 Å². The van der Waals surface area contributed by atoms with Gasteiger partial charge in [0.1, 0.15) is 5.75 Å². The van der Waals surface area contributed by atoms with Crippen molar-refractivity contribution in [3.8, 4) is 5.75 Å². The molecule has 0 saturated heterocycles. The standard InChI is InChI=1S/C19H22ClNO4S/c1-13(2)11-25-18-8-7-16(10-17(18)20)21-19(22)15-6-4-5-14(9-15)12-26(3,23)24/h4-10,13H,11-12H2,1-3H3,(H,21,22). The summed E-state index contributed by atoms with van der Waals surface area (Å²) in [6.45, 7) is 4.64. The molecular formula is C19H22ClNO4S. The van der Waals surface area contributed by atoms with Crippen LogP contribution >= 0.6 is 11.6 Å². The van der Waals surface area contributed by atoms with E-state index in [0.717, 1.165) is 6.26 Å². The second-order valence-corrected chi connectivity index (χ2v) is 9.12. The molecule has 26 heavy (non-hydrogen) atoms. The summed E-state index contributed by atoms with van der Waals surface area (Å²) in [5.41, 5.74) is 1.48. The summed E-state index contributed by atoms with van der Waals surface area (Å²) in [6, 6.07) is 11.6. The summed E-state index contributed by atoms with van der Waals surface area (Å²) < 4.78 is 28.4. The summed E-state index contributed by atoms with van der Waals surface area (Å²) in [4.78, 5) is 12.4. The van der Waals surface area contributed by atoms with Gasteiger partial charge in [0.15, 0.2) is 9.84 Å². The normalized spacial score (nSPS) is 11.4. The van der Waals surface area contributed by atoms with Crippen molar-refractivity contribution in [2.24, 2.45) is 5.92 Å². The van der Waals surface area contributed by atoms with Crippen LogP contribution in [0.1, 0.15) is 29.8 Å². The summed E-state index contributed by atoms with van der Waals surface area (Å²) in [5, 5.41) is 3.16. The number of ether oxygens (including phenoxy) is 1. The van der Waals surface area contributed by atoms with Crippen LogP contribution in [-0.2, 0) is 15.6 Å². The van der Waals surface area contributed by atoms with Gasteiger partial charge in [0.25, 0.3) is 5.91 Å². The average molecular weight is 396 g/mol. The summed E-state index contributed by atoms with van der Waals surface area (Å²) in [6.07, 6.45) is 1.16. The Morgan fingerprint density at radius 1 is 1.19 bits per heavy atom. The van der Waals surface area contributed by atoms with Gasteiger partial charge in [0.2, 0.25) is 0 Å². The SMILES string of the molecule is CC(C)COc1ccc(NC(=O)c2cccc(CS(C)(=O)=O)c2)cc1Cl. The van der Waals surface area contributed by atoms with Crippen LogP contribution in [-0.4, -0.2) is 27.2 Å². The third-order valence-corrected chi connectivity index (χ3v) is 4.53. The van der Waals surface area contributed by atoms with Gasteiger partial charge in [-0.05, 0) is 41.8 Å². The predicted molar refractivity (Wildman–Crippen MR) is 105 cm³/mol. The molecule has 1 N–H and O–H groups in total. The highest BCUT2D eigenvalue weighted by Gasteiger charge is 2.11. The molecule has 7 heteroatoms. The topological polar surface area (TPSA) is 72.5 Å². The molecule has 0 fully saturated rings. The number of anilines is 1. The van der Waals surface area contributed by atoms with E-state index in [9.17, 15) is 13.2 Å². The maximum Gasteiger partial charge on any atom is 0.255 e. The first-order chi connectivity index (χ1) is 12.1. The zero-order chi connectivity index (χ0) is 19.3. The van der Waals surface area contributed by atoms with E-state index in [2.05, 4.69) is 5.32 Å². The summed E-state index contributed by atoms with van der Waals surface area (Å²) >= 11 is 6.20. The van der Waals surface area contributed by atoms with Crippen LogP contribution in [0.2, 0.25) is 5.02 Å². The van der Waals surface area contributed by atoms with Crippen molar-refractivity contribution in [3.05, 3.63) is 58.6 Å². The minimum absolute atomic E-state index is 0.109. The lowest BCUT2D eigenvalue weighted by Crippen LogP contribution is -2.13. The van der Waals surface area contributed by atoms with Crippen LogP contribution in [0.5, 0.6) is 5.75 Å². The quantitative estimate of drug-likeness (QED) is 0.763. The number of halogens is 1. The average Bonchev–Trinajstić information content (AvgIpc) is 2.52. The number of sulfone groups is 1. The van der Waals surface area contributed by atoms with Crippen molar-refractivity contribution in [1.29, 1.82) is 0 Å². The highest BCUT2D eigenvalue weighted by Crippen LogP contribution is 2.28. The van der Waals surface area contributed by atoms with E-state index in [1.54, 1.807) is 42.5 Å². The van der Waals surface area contributed by atoms with Gasteiger partial charge in [-0.2, -0.15) is 0 Å². The second-order valence-electron chi connectivity index (χ2n) is 6.57. The smallest absolute Gasteiger partial charge is 0.255 e. The van der Waals surface area contributed by atoms with Crippen molar-refractivity contribution in [2.75, 3.05) is 18.2 Å². The third kappa shape index (κ3) is 6.35. The highest BCUT2D eigenvalue weighted by atomic mass is 35.5. The maximum absolute atomic E-state index is 12.4. The Balaban J connectivity index is 2.10. The van der Waals surface area contributed by atoms with Crippen molar-refractivity contribution < 1.29 is 17.9 Å². The number of amides is 1. The first-order valence-electron chi connectivity index (χ1n) is 8.14. The highest BCUT2D eigenvalue weighted by molar-refractivity contribution is 7.89. The van der Waals surface area contributed by atoms with E-state index in [1.807, 2.05) is 13.8 Å². The van der Waals surface area contributed by atoms with Gasteiger partial charge < -0.3 is 10.1 Å². The van der Waals surface area contributed by atoms with Crippen LogP contribution in [0.3, 0.4) is 0 Å². The molecule has 0 aromatic heterocycles. The summed E-state index contributed by atoms with van der Waals surface area (Å²) in [5.74, 6) is 0.493. The summed E-state index contributed by atoms with van der Waals surface area (Å²) in [7, 11) is -3.16. The Hall–Kier alpha value is -2.05. The van der Waals surface area contributed by atoms with Crippen LogP contribution in [0, 0.1) is 5.92 Å². The van der Waals surface area contributed by atoms with Crippen molar-refractivity contribution in [3.63, 3.8) is 0 Å². The van der Waals surface area contributed by atoms with Crippen LogP contribution in [0.25, 0.3) is 0 Å². The number of hydrogen-bond acceptors (Lipinski definition) is 4. The first kappa shape index (κ1) is 20.3. The van der Waals surface area contributed by atoms with Gasteiger partial charge in [-0.1, -0.05) is 37.6 Å². The Bertz CT molecular complexity index is 894.